The van der Waals surface area contributed by atoms with Gasteiger partial charge in [-0.1, -0.05) is 36.4 Å². The number of hydrogen-bond acceptors (Lipinski definition) is 5. The Morgan fingerprint density at radius 2 is 1.40 bits per heavy atom. The molecule has 0 atom stereocenters. The lowest BCUT2D eigenvalue weighted by atomic mass is 10.1. The van der Waals surface area contributed by atoms with Gasteiger partial charge in [-0.25, -0.2) is 14.9 Å². The van der Waals surface area contributed by atoms with Crippen LogP contribution in [0.2, 0.25) is 0 Å². The third-order valence-corrected chi connectivity index (χ3v) is 4.94. The van der Waals surface area contributed by atoms with E-state index in [2.05, 4.69) is 15.3 Å². The molecule has 2 heterocycles. The van der Waals surface area contributed by atoms with Crippen molar-refractivity contribution in [3.8, 4) is 0 Å². The van der Waals surface area contributed by atoms with E-state index >= 15 is 0 Å². The number of rotatable bonds is 3. The minimum Gasteiger partial charge on any atom is -0.321 e. The molecule has 144 valence electrons. The topological polar surface area (TPSA) is 92.3 Å². The van der Waals surface area contributed by atoms with Gasteiger partial charge in [-0.05, 0) is 35.7 Å². The molecular formula is C23H14N4O3. The van der Waals surface area contributed by atoms with Gasteiger partial charge in [0.05, 0.1) is 5.69 Å². The summed E-state index contributed by atoms with van der Waals surface area (Å²) in [6.45, 7) is 0. The summed E-state index contributed by atoms with van der Waals surface area (Å²) in [6, 6.07) is 19.7. The number of fused-ring (bicyclic) bond motifs is 2. The maximum Gasteiger partial charge on any atom is 0.286 e. The van der Waals surface area contributed by atoms with Gasteiger partial charge in [0.1, 0.15) is 0 Å². The van der Waals surface area contributed by atoms with Crippen molar-refractivity contribution in [3.63, 3.8) is 0 Å². The molecule has 7 nitrogen and oxygen atoms in total. The highest BCUT2D eigenvalue weighted by Gasteiger charge is 2.39. The first-order valence-electron chi connectivity index (χ1n) is 9.22. The third-order valence-electron chi connectivity index (χ3n) is 4.94. The predicted molar refractivity (Wildman–Crippen MR) is 112 cm³/mol. The number of aromatic nitrogens is 2. The maximum absolute atomic E-state index is 12.7. The summed E-state index contributed by atoms with van der Waals surface area (Å²) in [5.74, 6) is -1.35. The van der Waals surface area contributed by atoms with Crippen molar-refractivity contribution in [1.29, 1.82) is 0 Å². The van der Waals surface area contributed by atoms with Crippen LogP contribution in [0.25, 0.3) is 10.8 Å². The summed E-state index contributed by atoms with van der Waals surface area (Å²) in [5.41, 5.74) is 1.52. The first-order chi connectivity index (χ1) is 14.6. The molecule has 0 spiro atoms. The Hall–Kier alpha value is -4.39. The highest BCUT2D eigenvalue weighted by atomic mass is 16.2. The zero-order chi connectivity index (χ0) is 20.7. The molecule has 3 aromatic carbocycles. The zero-order valence-electron chi connectivity index (χ0n) is 15.6. The van der Waals surface area contributed by atoms with Crippen LogP contribution in [0.4, 0.5) is 11.4 Å². The van der Waals surface area contributed by atoms with Crippen LogP contribution < -0.4 is 10.2 Å². The van der Waals surface area contributed by atoms with Crippen LogP contribution in [0.3, 0.4) is 0 Å². The Balaban J connectivity index is 1.40. The molecule has 3 amide bonds. The molecule has 0 radical (unpaired) electrons. The molecule has 1 N–H and O–H groups in total. The van der Waals surface area contributed by atoms with Gasteiger partial charge < -0.3 is 5.32 Å². The van der Waals surface area contributed by atoms with E-state index in [1.165, 1.54) is 12.4 Å². The van der Waals surface area contributed by atoms with Crippen molar-refractivity contribution < 1.29 is 14.4 Å². The Bertz CT molecular complexity index is 1290. The molecule has 5 rings (SSSR count). The fourth-order valence-corrected chi connectivity index (χ4v) is 3.48. The molecule has 30 heavy (non-hydrogen) atoms. The van der Waals surface area contributed by atoms with Crippen LogP contribution in [-0.2, 0) is 0 Å². The number of carbonyl (C=O) groups excluding carboxylic acids is 3. The van der Waals surface area contributed by atoms with E-state index in [4.69, 9.17) is 0 Å². The lowest BCUT2D eigenvalue weighted by Gasteiger charge is -2.14. The van der Waals surface area contributed by atoms with E-state index in [0.717, 1.165) is 15.7 Å². The second kappa shape index (κ2) is 6.89. The molecule has 0 aliphatic carbocycles. The zero-order valence-corrected chi connectivity index (χ0v) is 15.6. The molecule has 0 saturated heterocycles. The molecule has 1 aliphatic rings. The minimum atomic E-state index is -0.531. The van der Waals surface area contributed by atoms with Gasteiger partial charge in [-0.15, -0.1) is 0 Å². The predicted octanol–water partition coefficient (Wildman–Crippen LogP) is 3.68. The Kier molecular flexibility index (Phi) is 4.07. The summed E-state index contributed by atoms with van der Waals surface area (Å²) in [5, 5.41) is 4.88. The van der Waals surface area contributed by atoms with Gasteiger partial charge in [0.2, 0.25) is 0 Å². The molecule has 4 aromatic rings. The lowest BCUT2D eigenvalue weighted by Crippen LogP contribution is -2.29. The Morgan fingerprint density at radius 3 is 2.10 bits per heavy atom. The average Bonchev–Trinajstić information content (AvgIpc) is 3.04. The van der Waals surface area contributed by atoms with Crippen molar-refractivity contribution in [1.82, 2.24) is 9.97 Å². The summed E-state index contributed by atoms with van der Waals surface area (Å²) >= 11 is 0. The van der Waals surface area contributed by atoms with Crippen molar-refractivity contribution in [2.45, 2.75) is 0 Å². The van der Waals surface area contributed by atoms with Crippen molar-refractivity contribution in [2.24, 2.45) is 0 Å². The number of nitrogens with one attached hydrogen (secondary N) is 1. The van der Waals surface area contributed by atoms with Gasteiger partial charge in [-0.3, -0.25) is 14.4 Å². The van der Waals surface area contributed by atoms with Gasteiger partial charge in [0, 0.05) is 29.0 Å². The Morgan fingerprint density at radius 1 is 0.767 bits per heavy atom. The highest BCUT2D eigenvalue weighted by molar-refractivity contribution is 6.33. The standard InChI is InChI=1S/C23H14N4O3/c28-21(26-18-7-3-5-14-4-1-2-6-17(14)18)15-8-10-16(11-9-15)27-22(29)19-20(23(27)30)25-13-12-24-19/h1-13H,(H,26,28). The largest absolute Gasteiger partial charge is 0.321 e. The number of benzene rings is 3. The van der Waals surface area contributed by atoms with E-state index in [-0.39, 0.29) is 17.3 Å². The number of amides is 3. The lowest BCUT2D eigenvalue weighted by molar-refractivity contribution is 0.0922. The van der Waals surface area contributed by atoms with Crippen LogP contribution in [0.15, 0.2) is 79.1 Å². The molecule has 1 aliphatic heterocycles. The molecule has 0 bridgehead atoms. The van der Waals surface area contributed by atoms with Crippen LogP contribution in [0.1, 0.15) is 31.3 Å². The summed E-state index contributed by atoms with van der Waals surface area (Å²) in [4.78, 5) is 46.7. The van der Waals surface area contributed by atoms with Gasteiger partial charge in [0.25, 0.3) is 17.7 Å². The first kappa shape index (κ1) is 17.7. The Labute approximate surface area is 171 Å². The van der Waals surface area contributed by atoms with Crippen molar-refractivity contribution in [3.05, 3.63) is 96.1 Å². The summed E-state index contributed by atoms with van der Waals surface area (Å²) in [6.07, 6.45) is 2.74. The maximum atomic E-state index is 12.7. The second-order valence-corrected chi connectivity index (χ2v) is 6.73. The van der Waals surface area contributed by atoms with Crippen LogP contribution in [0, 0.1) is 0 Å². The fraction of sp³-hybridized carbons (Fsp3) is 0. The summed E-state index contributed by atoms with van der Waals surface area (Å²) < 4.78 is 0. The molecule has 7 heteroatoms. The van der Waals surface area contributed by atoms with E-state index in [1.54, 1.807) is 24.3 Å². The number of imide groups is 1. The van der Waals surface area contributed by atoms with Gasteiger partial charge in [-0.2, -0.15) is 0 Å². The third kappa shape index (κ3) is 2.80. The van der Waals surface area contributed by atoms with Crippen LogP contribution >= 0.6 is 0 Å². The normalized spacial score (nSPS) is 12.9. The minimum absolute atomic E-state index is 0.0280. The fourth-order valence-electron chi connectivity index (χ4n) is 3.48. The van der Waals surface area contributed by atoms with E-state index < -0.39 is 11.8 Å². The quantitative estimate of drug-likeness (QED) is 0.535. The van der Waals surface area contributed by atoms with Gasteiger partial charge in [0.15, 0.2) is 11.4 Å². The highest BCUT2D eigenvalue weighted by Crippen LogP contribution is 2.27. The van der Waals surface area contributed by atoms with Crippen LogP contribution in [0.5, 0.6) is 0 Å². The molecule has 1 aromatic heterocycles. The monoisotopic (exact) mass is 394 g/mol. The average molecular weight is 394 g/mol. The van der Waals surface area contributed by atoms with E-state index in [9.17, 15) is 14.4 Å². The first-order valence-corrected chi connectivity index (χ1v) is 9.22. The molecule has 0 unspecified atom stereocenters. The van der Waals surface area contributed by atoms with E-state index in [1.807, 2.05) is 42.5 Å². The molecule has 0 saturated carbocycles. The van der Waals surface area contributed by atoms with Crippen LogP contribution in [-0.4, -0.2) is 27.7 Å². The van der Waals surface area contributed by atoms with Crippen molar-refractivity contribution >= 4 is 39.9 Å². The SMILES string of the molecule is O=C(Nc1cccc2ccccc12)c1ccc(N2C(=O)c3nccnc3C2=O)cc1. The van der Waals surface area contributed by atoms with Gasteiger partial charge >= 0.3 is 0 Å². The number of nitrogens with zero attached hydrogens (tertiary/aromatic N) is 3. The number of anilines is 2. The van der Waals surface area contributed by atoms with Crippen molar-refractivity contribution in [2.75, 3.05) is 10.2 Å². The number of hydrogen-bond donors (Lipinski definition) is 1. The second-order valence-electron chi connectivity index (χ2n) is 6.73. The molecule has 0 fully saturated rings. The van der Waals surface area contributed by atoms with E-state index in [0.29, 0.717) is 16.9 Å². The molecular weight excluding hydrogens is 380 g/mol. The summed E-state index contributed by atoms with van der Waals surface area (Å²) in [7, 11) is 0. The smallest absolute Gasteiger partial charge is 0.286 e. The number of carbonyl (C=O) groups is 3.